The number of para-hydroxylation sites is 1. The number of phenols is 1. The zero-order valence-electron chi connectivity index (χ0n) is 10.9. The molecule has 0 saturated heterocycles. The number of pyridine rings is 1. The Labute approximate surface area is 116 Å². The third-order valence-electron chi connectivity index (χ3n) is 2.54. The van der Waals surface area contributed by atoms with E-state index in [0.717, 1.165) is 0 Å². The molecule has 4 N–H and O–H groups in total. The lowest BCUT2D eigenvalue weighted by Gasteiger charge is -2.04. The molecule has 0 fully saturated rings. The molecule has 1 aromatic carbocycles. The van der Waals surface area contributed by atoms with E-state index in [2.05, 4.69) is 15.5 Å². The molecule has 6 nitrogen and oxygen atoms in total. The molecular formula is C14H15N3O3. The number of amides is 1. The smallest absolute Gasteiger partial charge is 0.272 e. The van der Waals surface area contributed by atoms with Gasteiger partial charge < -0.3 is 10.6 Å². The average Bonchev–Trinajstić information content (AvgIpc) is 2.46. The van der Waals surface area contributed by atoms with Gasteiger partial charge in [-0.2, -0.15) is 5.10 Å². The van der Waals surface area contributed by atoms with Crippen LogP contribution < -0.4 is 5.43 Å². The summed E-state index contributed by atoms with van der Waals surface area (Å²) in [5, 5.41) is 13.6. The second-order valence-corrected chi connectivity index (χ2v) is 3.90. The summed E-state index contributed by atoms with van der Waals surface area (Å²) < 4.78 is 0. The minimum absolute atomic E-state index is 0. The molecule has 0 unspecified atom stereocenters. The number of nitrogens with zero attached hydrogens (tertiary/aromatic N) is 2. The zero-order valence-corrected chi connectivity index (χ0v) is 10.9. The molecule has 1 amide bonds. The van der Waals surface area contributed by atoms with Gasteiger partial charge in [-0.25, -0.2) is 5.43 Å². The molecule has 0 radical (unpaired) electrons. The molecule has 2 aromatic rings. The van der Waals surface area contributed by atoms with E-state index in [1.165, 1.54) is 6.20 Å². The predicted molar refractivity (Wildman–Crippen MR) is 75.6 cm³/mol. The highest BCUT2D eigenvalue weighted by molar-refractivity contribution is 6.02. The fourth-order valence-electron chi connectivity index (χ4n) is 1.54. The normalized spacial score (nSPS) is 10.6. The van der Waals surface area contributed by atoms with Gasteiger partial charge in [-0.15, -0.1) is 0 Å². The molecule has 0 saturated carbocycles. The molecule has 0 atom stereocenters. The summed E-state index contributed by atoms with van der Waals surface area (Å²) in [6, 6.07) is 10.1. The van der Waals surface area contributed by atoms with Crippen LogP contribution in [0.2, 0.25) is 0 Å². The Hall–Kier alpha value is -2.73. The van der Waals surface area contributed by atoms with Crippen LogP contribution in [0.4, 0.5) is 0 Å². The summed E-state index contributed by atoms with van der Waals surface area (Å²) in [6.07, 6.45) is 3.05. The van der Waals surface area contributed by atoms with Gasteiger partial charge in [-0.1, -0.05) is 12.1 Å². The van der Waals surface area contributed by atoms with Gasteiger partial charge in [-0.05, 0) is 31.2 Å². The van der Waals surface area contributed by atoms with Crippen LogP contribution in [0.1, 0.15) is 22.8 Å². The Balaban J connectivity index is 0.00000200. The van der Waals surface area contributed by atoms with Gasteiger partial charge in [0.15, 0.2) is 0 Å². The SMILES string of the molecule is C/C(=N\NC(=O)c1cccnc1)c1ccccc1O.O. The van der Waals surface area contributed by atoms with E-state index in [1.807, 2.05) is 0 Å². The number of aromatic nitrogens is 1. The maximum Gasteiger partial charge on any atom is 0.272 e. The first kappa shape index (κ1) is 15.3. The van der Waals surface area contributed by atoms with E-state index in [9.17, 15) is 9.90 Å². The van der Waals surface area contributed by atoms with E-state index >= 15 is 0 Å². The molecule has 1 aromatic heterocycles. The van der Waals surface area contributed by atoms with Crippen molar-refractivity contribution in [3.63, 3.8) is 0 Å². The summed E-state index contributed by atoms with van der Waals surface area (Å²) in [5.74, 6) is -0.220. The lowest BCUT2D eigenvalue weighted by molar-refractivity contribution is 0.0954. The first-order valence-corrected chi connectivity index (χ1v) is 5.71. The van der Waals surface area contributed by atoms with Crippen LogP contribution in [0.5, 0.6) is 5.75 Å². The molecular weight excluding hydrogens is 258 g/mol. The summed E-state index contributed by atoms with van der Waals surface area (Å²) in [5.41, 5.74) is 3.95. The van der Waals surface area contributed by atoms with E-state index in [4.69, 9.17) is 0 Å². The lowest BCUT2D eigenvalue weighted by Crippen LogP contribution is -2.19. The molecule has 2 rings (SSSR count). The van der Waals surface area contributed by atoms with Crippen LogP contribution in [0.25, 0.3) is 0 Å². The monoisotopic (exact) mass is 273 g/mol. The van der Waals surface area contributed by atoms with E-state index in [-0.39, 0.29) is 17.1 Å². The van der Waals surface area contributed by atoms with Crippen molar-refractivity contribution < 1.29 is 15.4 Å². The Bertz CT molecular complexity index is 612. The summed E-state index contributed by atoms with van der Waals surface area (Å²) >= 11 is 0. The van der Waals surface area contributed by atoms with Crippen LogP contribution in [0, 0.1) is 0 Å². The number of nitrogens with one attached hydrogen (secondary N) is 1. The van der Waals surface area contributed by atoms with Gasteiger partial charge in [0.1, 0.15) is 5.75 Å². The van der Waals surface area contributed by atoms with E-state index < -0.39 is 0 Å². The van der Waals surface area contributed by atoms with Crippen LogP contribution in [0.15, 0.2) is 53.9 Å². The zero-order chi connectivity index (χ0) is 13.7. The highest BCUT2D eigenvalue weighted by atomic mass is 16.3. The van der Waals surface area contributed by atoms with Gasteiger partial charge in [0.05, 0.1) is 11.3 Å². The van der Waals surface area contributed by atoms with Gasteiger partial charge in [0, 0.05) is 18.0 Å². The first-order valence-electron chi connectivity index (χ1n) is 5.71. The van der Waals surface area contributed by atoms with Crippen LogP contribution in [0.3, 0.4) is 0 Å². The highest BCUT2D eigenvalue weighted by Gasteiger charge is 2.06. The quantitative estimate of drug-likeness (QED) is 0.646. The number of phenolic OH excluding ortho intramolecular Hbond substituents is 1. The maximum atomic E-state index is 11.7. The summed E-state index contributed by atoms with van der Waals surface area (Å²) in [4.78, 5) is 15.6. The third-order valence-corrected chi connectivity index (χ3v) is 2.54. The van der Waals surface area contributed by atoms with Crippen molar-refractivity contribution in [2.75, 3.05) is 0 Å². The number of hydrazone groups is 1. The fourth-order valence-corrected chi connectivity index (χ4v) is 1.54. The van der Waals surface area contributed by atoms with Crippen LogP contribution in [-0.4, -0.2) is 27.2 Å². The summed E-state index contributed by atoms with van der Waals surface area (Å²) in [7, 11) is 0. The molecule has 0 bridgehead atoms. The second-order valence-electron chi connectivity index (χ2n) is 3.90. The molecule has 0 spiro atoms. The number of benzene rings is 1. The standard InChI is InChI=1S/C14H13N3O2.H2O/c1-10(12-6-2-3-7-13(12)18)16-17-14(19)11-5-4-8-15-9-11;/h2-9,18H,1H3,(H,17,19);1H2/b16-10+;. The molecule has 1 heterocycles. The highest BCUT2D eigenvalue weighted by Crippen LogP contribution is 2.16. The lowest BCUT2D eigenvalue weighted by atomic mass is 10.1. The van der Waals surface area contributed by atoms with E-state index in [0.29, 0.717) is 16.8 Å². The molecule has 0 aliphatic heterocycles. The molecule has 20 heavy (non-hydrogen) atoms. The molecule has 104 valence electrons. The van der Waals surface area contributed by atoms with Crippen molar-refractivity contribution in [2.45, 2.75) is 6.92 Å². The van der Waals surface area contributed by atoms with Crippen molar-refractivity contribution in [1.29, 1.82) is 0 Å². The molecule has 0 aliphatic rings. The van der Waals surface area contributed by atoms with E-state index in [1.54, 1.807) is 49.5 Å². The van der Waals surface area contributed by atoms with Crippen LogP contribution in [-0.2, 0) is 0 Å². The van der Waals surface area contributed by atoms with Gasteiger partial charge in [0.2, 0.25) is 0 Å². The minimum Gasteiger partial charge on any atom is -0.507 e. The third kappa shape index (κ3) is 3.63. The van der Waals surface area contributed by atoms with Crippen LogP contribution >= 0.6 is 0 Å². The topological polar surface area (TPSA) is 106 Å². The van der Waals surface area contributed by atoms with Crippen molar-refractivity contribution in [3.8, 4) is 5.75 Å². The Morgan fingerprint density at radius 1 is 1.25 bits per heavy atom. The molecule has 0 aliphatic carbocycles. The minimum atomic E-state index is -0.345. The Morgan fingerprint density at radius 2 is 2.00 bits per heavy atom. The molecule has 6 heteroatoms. The Kier molecular flexibility index (Phi) is 5.37. The number of hydrogen-bond acceptors (Lipinski definition) is 4. The Morgan fingerprint density at radius 3 is 2.65 bits per heavy atom. The van der Waals surface area contributed by atoms with Crippen molar-refractivity contribution >= 4 is 11.6 Å². The van der Waals surface area contributed by atoms with Crippen molar-refractivity contribution in [2.24, 2.45) is 5.10 Å². The number of rotatable bonds is 3. The number of hydrogen-bond donors (Lipinski definition) is 2. The predicted octanol–water partition coefficient (Wildman–Crippen LogP) is 1.12. The van der Waals surface area contributed by atoms with Gasteiger partial charge >= 0.3 is 0 Å². The average molecular weight is 273 g/mol. The number of carbonyl (C=O) groups excluding carboxylic acids is 1. The second kappa shape index (κ2) is 7.01. The van der Waals surface area contributed by atoms with Gasteiger partial charge in [-0.3, -0.25) is 9.78 Å². The van der Waals surface area contributed by atoms with Gasteiger partial charge in [0.25, 0.3) is 5.91 Å². The van der Waals surface area contributed by atoms with Crippen molar-refractivity contribution in [1.82, 2.24) is 10.4 Å². The largest absolute Gasteiger partial charge is 0.507 e. The van der Waals surface area contributed by atoms with Crippen molar-refractivity contribution in [3.05, 3.63) is 59.9 Å². The fraction of sp³-hybridized carbons (Fsp3) is 0.0714. The number of carbonyl (C=O) groups is 1. The maximum absolute atomic E-state index is 11.7. The number of aromatic hydroxyl groups is 1. The summed E-state index contributed by atoms with van der Waals surface area (Å²) in [6.45, 7) is 1.71. The first-order chi connectivity index (χ1) is 9.18.